The van der Waals surface area contributed by atoms with Gasteiger partial charge in [0.05, 0.1) is 12.2 Å². The Bertz CT molecular complexity index is 551. The summed E-state index contributed by atoms with van der Waals surface area (Å²) in [5, 5.41) is 3.25. The lowest BCUT2D eigenvalue weighted by atomic mass is 9.96. The predicted molar refractivity (Wildman–Crippen MR) is 73.1 cm³/mol. The molecule has 5 heteroatoms. The van der Waals surface area contributed by atoms with Crippen molar-refractivity contribution in [3.8, 4) is 0 Å². The van der Waals surface area contributed by atoms with Gasteiger partial charge in [0, 0.05) is 23.5 Å². The molecule has 3 N–H and O–H groups in total. The summed E-state index contributed by atoms with van der Waals surface area (Å²) in [6, 6.07) is 3.21. The van der Waals surface area contributed by atoms with E-state index in [9.17, 15) is 4.39 Å². The number of anilines is 1. The van der Waals surface area contributed by atoms with Gasteiger partial charge in [0.15, 0.2) is 0 Å². The second-order valence-electron chi connectivity index (χ2n) is 4.31. The van der Waals surface area contributed by atoms with Crippen LogP contribution in [0, 0.1) is 12.7 Å². The summed E-state index contributed by atoms with van der Waals surface area (Å²) in [5.74, 6) is 0.0678. The third kappa shape index (κ3) is 2.71. The molecule has 0 bridgehead atoms. The number of aromatic nitrogens is 2. The third-order valence-electron chi connectivity index (χ3n) is 3.05. The van der Waals surface area contributed by atoms with Gasteiger partial charge in [-0.25, -0.2) is 9.37 Å². The molecule has 0 aromatic carbocycles. The highest BCUT2D eigenvalue weighted by Crippen LogP contribution is 2.29. The molecule has 0 aliphatic carbocycles. The summed E-state index contributed by atoms with van der Waals surface area (Å²) >= 11 is 0. The molecule has 0 saturated heterocycles. The lowest BCUT2D eigenvalue weighted by Gasteiger charge is -2.22. The first kappa shape index (κ1) is 13.4. The van der Waals surface area contributed by atoms with Gasteiger partial charge in [-0.1, -0.05) is 6.92 Å². The van der Waals surface area contributed by atoms with E-state index in [0.29, 0.717) is 17.9 Å². The SMILES string of the molecule is CCNC(c1ccncc1F)c1c(C)ccnc1N. The summed E-state index contributed by atoms with van der Waals surface area (Å²) < 4.78 is 13.9. The molecule has 2 heterocycles. The maximum Gasteiger partial charge on any atom is 0.146 e. The van der Waals surface area contributed by atoms with E-state index in [0.717, 1.165) is 11.1 Å². The quantitative estimate of drug-likeness (QED) is 0.884. The standard InChI is InChI=1S/C14H17FN4/c1-3-18-13(10-5-6-17-8-11(10)15)12-9(2)4-7-19-14(12)16/h4-8,13,18H,3H2,1-2H3,(H2,16,19). The van der Waals surface area contributed by atoms with E-state index in [1.807, 2.05) is 19.9 Å². The van der Waals surface area contributed by atoms with E-state index in [1.54, 1.807) is 18.5 Å². The molecule has 4 nitrogen and oxygen atoms in total. The second-order valence-corrected chi connectivity index (χ2v) is 4.31. The molecule has 19 heavy (non-hydrogen) atoms. The van der Waals surface area contributed by atoms with E-state index >= 15 is 0 Å². The van der Waals surface area contributed by atoms with Crippen molar-refractivity contribution < 1.29 is 4.39 Å². The first-order valence-corrected chi connectivity index (χ1v) is 6.19. The minimum absolute atomic E-state index is 0.318. The van der Waals surface area contributed by atoms with Gasteiger partial charge in [0.2, 0.25) is 0 Å². The van der Waals surface area contributed by atoms with Gasteiger partial charge in [-0.3, -0.25) is 4.98 Å². The van der Waals surface area contributed by atoms with E-state index in [2.05, 4.69) is 15.3 Å². The van der Waals surface area contributed by atoms with Crippen LogP contribution in [0.3, 0.4) is 0 Å². The number of hydrogen-bond donors (Lipinski definition) is 2. The highest BCUT2D eigenvalue weighted by atomic mass is 19.1. The molecule has 0 amide bonds. The molecule has 1 unspecified atom stereocenters. The fraction of sp³-hybridized carbons (Fsp3) is 0.286. The Morgan fingerprint density at radius 1 is 1.37 bits per heavy atom. The van der Waals surface area contributed by atoms with Crippen molar-refractivity contribution >= 4 is 5.82 Å². The summed E-state index contributed by atoms with van der Waals surface area (Å²) in [7, 11) is 0. The molecule has 0 radical (unpaired) electrons. The van der Waals surface area contributed by atoms with Crippen LogP contribution in [0.4, 0.5) is 10.2 Å². The van der Waals surface area contributed by atoms with E-state index in [4.69, 9.17) is 5.73 Å². The van der Waals surface area contributed by atoms with Crippen LogP contribution in [0.5, 0.6) is 0 Å². The molecule has 0 fully saturated rings. The first-order chi connectivity index (χ1) is 9.15. The van der Waals surface area contributed by atoms with Crippen LogP contribution in [-0.4, -0.2) is 16.5 Å². The topological polar surface area (TPSA) is 63.8 Å². The zero-order valence-electron chi connectivity index (χ0n) is 11.0. The van der Waals surface area contributed by atoms with Gasteiger partial charge in [0.1, 0.15) is 11.6 Å². The van der Waals surface area contributed by atoms with Crippen molar-refractivity contribution in [2.45, 2.75) is 19.9 Å². The maximum atomic E-state index is 13.9. The zero-order valence-corrected chi connectivity index (χ0v) is 11.0. The molecule has 100 valence electrons. The summed E-state index contributed by atoms with van der Waals surface area (Å²) in [5.41, 5.74) is 8.27. The smallest absolute Gasteiger partial charge is 0.146 e. The van der Waals surface area contributed by atoms with E-state index in [-0.39, 0.29) is 11.9 Å². The number of nitrogens with two attached hydrogens (primary N) is 1. The lowest BCUT2D eigenvalue weighted by molar-refractivity contribution is 0.553. The third-order valence-corrected chi connectivity index (χ3v) is 3.05. The molecule has 2 aromatic heterocycles. The Kier molecular flexibility index (Phi) is 4.06. The molecular formula is C14H17FN4. The van der Waals surface area contributed by atoms with Crippen molar-refractivity contribution in [3.05, 3.63) is 53.2 Å². The molecule has 0 spiro atoms. The normalized spacial score (nSPS) is 12.4. The number of halogens is 1. The number of nitrogens with zero attached hydrogens (tertiary/aromatic N) is 2. The van der Waals surface area contributed by atoms with Gasteiger partial charge in [0.25, 0.3) is 0 Å². The molecule has 0 saturated carbocycles. The van der Waals surface area contributed by atoms with Crippen molar-refractivity contribution in [1.82, 2.24) is 15.3 Å². The van der Waals surface area contributed by atoms with E-state index < -0.39 is 0 Å². The number of hydrogen-bond acceptors (Lipinski definition) is 4. The molecule has 0 aliphatic heterocycles. The average molecular weight is 260 g/mol. The summed E-state index contributed by atoms with van der Waals surface area (Å²) in [4.78, 5) is 7.87. The Morgan fingerprint density at radius 2 is 2.16 bits per heavy atom. The summed E-state index contributed by atoms with van der Waals surface area (Å²) in [6.07, 6.45) is 4.44. The highest BCUT2D eigenvalue weighted by Gasteiger charge is 2.21. The number of nitrogen functional groups attached to an aromatic ring is 1. The minimum Gasteiger partial charge on any atom is -0.383 e. The summed E-state index contributed by atoms with van der Waals surface area (Å²) in [6.45, 7) is 4.60. The van der Waals surface area contributed by atoms with Crippen molar-refractivity contribution in [1.29, 1.82) is 0 Å². The van der Waals surface area contributed by atoms with Crippen molar-refractivity contribution in [3.63, 3.8) is 0 Å². The Balaban J connectivity index is 2.55. The molecule has 2 rings (SSSR count). The molecule has 2 aromatic rings. The minimum atomic E-state index is -0.351. The number of aryl methyl sites for hydroxylation is 1. The van der Waals surface area contributed by atoms with Crippen LogP contribution in [0.25, 0.3) is 0 Å². The fourth-order valence-corrected chi connectivity index (χ4v) is 2.16. The van der Waals surface area contributed by atoms with Crippen LogP contribution in [0.15, 0.2) is 30.7 Å². The van der Waals surface area contributed by atoms with Crippen LogP contribution in [-0.2, 0) is 0 Å². The van der Waals surface area contributed by atoms with Crippen LogP contribution < -0.4 is 11.1 Å². The Hall–Kier alpha value is -2.01. The largest absolute Gasteiger partial charge is 0.383 e. The van der Waals surface area contributed by atoms with Crippen molar-refractivity contribution in [2.24, 2.45) is 0 Å². The maximum absolute atomic E-state index is 13.9. The monoisotopic (exact) mass is 260 g/mol. The first-order valence-electron chi connectivity index (χ1n) is 6.19. The Morgan fingerprint density at radius 3 is 2.79 bits per heavy atom. The highest BCUT2D eigenvalue weighted by molar-refractivity contribution is 5.49. The van der Waals surface area contributed by atoms with Gasteiger partial charge in [-0.15, -0.1) is 0 Å². The fourth-order valence-electron chi connectivity index (χ4n) is 2.16. The van der Waals surface area contributed by atoms with Gasteiger partial charge >= 0.3 is 0 Å². The van der Waals surface area contributed by atoms with Crippen LogP contribution in [0.1, 0.15) is 29.7 Å². The predicted octanol–water partition coefficient (Wildman–Crippen LogP) is 2.21. The molecule has 1 atom stereocenters. The van der Waals surface area contributed by atoms with Gasteiger partial charge < -0.3 is 11.1 Å². The van der Waals surface area contributed by atoms with Gasteiger partial charge in [-0.2, -0.15) is 0 Å². The number of nitrogens with one attached hydrogen (secondary N) is 1. The lowest BCUT2D eigenvalue weighted by Crippen LogP contribution is -2.25. The van der Waals surface area contributed by atoms with Crippen LogP contribution in [0.2, 0.25) is 0 Å². The molecular weight excluding hydrogens is 243 g/mol. The Labute approximate surface area is 111 Å². The molecule has 0 aliphatic rings. The average Bonchev–Trinajstić information content (AvgIpc) is 2.38. The van der Waals surface area contributed by atoms with E-state index in [1.165, 1.54) is 6.20 Å². The second kappa shape index (κ2) is 5.75. The van der Waals surface area contributed by atoms with Gasteiger partial charge in [-0.05, 0) is 31.2 Å². The van der Waals surface area contributed by atoms with Crippen molar-refractivity contribution in [2.75, 3.05) is 12.3 Å². The van der Waals surface area contributed by atoms with Crippen LogP contribution >= 0.6 is 0 Å². The number of rotatable bonds is 4. The zero-order chi connectivity index (χ0) is 13.8. The number of pyridine rings is 2.